The highest BCUT2D eigenvalue weighted by Crippen LogP contribution is 2.33. The van der Waals surface area contributed by atoms with Gasteiger partial charge in [0.25, 0.3) is 0 Å². The lowest BCUT2D eigenvalue weighted by atomic mass is 10.0. The number of rotatable bonds is 8. The second-order valence-electron chi connectivity index (χ2n) is 7.38. The van der Waals surface area contributed by atoms with Crippen LogP contribution in [0.3, 0.4) is 0 Å². The van der Waals surface area contributed by atoms with Gasteiger partial charge < -0.3 is 20.9 Å². The van der Waals surface area contributed by atoms with Gasteiger partial charge in [0, 0.05) is 30.7 Å². The second kappa shape index (κ2) is 9.27. The number of carbonyl (C=O) groups excluding carboxylic acids is 3. The number of carbonyl (C=O) groups is 3. The molecule has 2 saturated heterocycles. The topological polar surface area (TPSA) is 103 Å². The molecule has 0 spiro atoms. The van der Waals surface area contributed by atoms with Crippen molar-refractivity contribution in [1.82, 2.24) is 20.5 Å². The molecule has 0 aromatic carbocycles. The fourth-order valence-corrected chi connectivity index (χ4v) is 5.09. The number of hydrogen-bond acceptors (Lipinski definition) is 5. The third-order valence-electron chi connectivity index (χ3n) is 5.06. The molecule has 0 bridgehead atoms. The number of fused-ring (bicyclic) bond motifs is 1. The standard InChI is InChI=1S/C19H27N5O3S/c1-12-7-8-20-15(9-12)22-16(25)10-24(2)17(26)6-4-3-5-14-18-13(11-28-14)21-19(27)23-18/h7-9,13-14,18H,3-6,10-11H2,1-2H3,(H,20,22,25)(H2,21,23,27)/t13-,14-,18-/m0/s1. The van der Waals surface area contributed by atoms with Crippen LogP contribution in [0.5, 0.6) is 0 Å². The first-order chi connectivity index (χ1) is 13.4. The fraction of sp³-hybridized carbons (Fsp3) is 0.579. The van der Waals surface area contributed by atoms with E-state index in [0.717, 1.165) is 30.6 Å². The summed E-state index contributed by atoms with van der Waals surface area (Å²) in [5.41, 5.74) is 1.01. The van der Waals surface area contributed by atoms with E-state index < -0.39 is 0 Å². The maximum atomic E-state index is 12.3. The molecule has 8 nitrogen and oxygen atoms in total. The SMILES string of the molecule is Cc1ccnc(NC(=O)CN(C)C(=O)CCCC[C@@H]2SC[C@@H]3NC(=O)N[C@@H]32)c1. The first-order valence-corrected chi connectivity index (χ1v) is 10.6. The minimum absolute atomic E-state index is 0.00832. The van der Waals surface area contributed by atoms with E-state index in [-0.39, 0.29) is 36.5 Å². The highest BCUT2D eigenvalue weighted by molar-refractivity contribution is 8.00. The molecule has 3 rings (SSSR count). The average Bonchev–Trinajstić information content (AvgIpc) is 3.17. The van der Waals surface area contributed by atoms with Crippen LogP contribution in [0.4, 0.5) is 10.6 Å². The van der Waals surface area contributed by atoms with Crippen molar-refractivity contribution >= 4 is 35.4 Å². The lowest BCUT2D eigenvalue weighted by Gasteiger charge is -2.18. The molecular weight excluding hydrogens is 378 g/mol. The molecule has 3 atom stereocenters. The molecule has 28 heavy (non-hydrogen) atoms. The molecule has 9 heteroatoms. The Morgan fingerprint density at radius 1 is 1.36 bits per heavy atom. The zero-order valence-electron chi connectivity index (χ0n) is 16.2. The van der Waals surface area contributed by atoms with Gasteiger partial charge in [-0.1, -0.05) is 6.42 Å². The Morgan fingerprint density at radius 2 is 2.18 bits per heavy atom. The van der Waals surface area contributed by atoms with Gasteiger partial charge in [0.1, 0.15) is 5.82 Å². The molecule has 2 aliphatic rings. The highest BCUT2D eigenvalue weighted by Gasteiger charge is 2.42. The summed E-state index contributed by atoms with van der Waals surface area (Å²) in [7, 11) is 1.64. The molecule has 0 unspecified atom stereocenters. The number of pyridine rings is 1. The van der Waals surface area contributed by atoms with Crippen LogP contribution in [-0.2, 0) is 9.59 Å². The van der Waals surface area contributed by atoms with Gasteiger partial charge in [0.2, 0.25) is 11.8 Å². The number of likely N-dealkylation sites (N-methyl/N-ethyl adjacent to an activating group) is 1. The van der Waals surface area contributed by atoms with Gasteiger partial charge in [-0.25, -0.2) is 9.78 Å². The summed E-state index contributed by atoms with van der Waals surface area (Å²) in [6.07, 6.45) is 4.74. The smallest absolute Gasteiger partial charge is 0.315 e. The van der Waals surface area contributed by atoms with Crippen LogP contribution in [0.15, 0.2) is 18.3 Å². The van der Waals surface area contributed by atoms with Gasteiger partial charge in [-0.2, -0.15) is 11.8 Å². The molecule has 3 heterocycles. The number of unbranched alkanes of at least 4 members (excludes halogenated alkanes) is 1. The molecule has 0 radical (unpaired) electrons. The summed E-state index contributed by atoms with van der Waals surface area (Å²) in [6.45, 7) is 1.93. The van der Waals surface area contributed by atoms with Gasteiger partial charge in [0.15, 0.2) is 0 Å². The predicted octanol–water partition coefficient (Wildman–Crippen LogP) is 1.51. The Bertz CT molecular complexity index is 744. The third-order valence-corrected chi connectivity index (χ3v) is 6.57. The summed E-state index contributed by atoms with van der Waals surface area (Å²) in [5.74, 6) is 1.14. The summed E-state index contributed by atoms with van der Waals surface area (Å²) in [6, 6.07) is 4.00. The van der Waals surface area contributed by atoms with E-state index in [1.807, 2.05) is 24.8 Å². The minimum Gasteiger partial charge on any atom is -0.336 e. The lowest BCUT2D eigenvalue weighted by molar-refractivity contribution is -0.133. The molecular formula is C19H27N5O3S. The number of anilines is 1. The minimum atomic E-state index is -0.258. The molecule has 3 N–H and O–H groups in total. The van der Waals surface area contributed by atoms with Crippen molar-refractivity contribution in [1.29, 1.82) is 0 Å². The normalized spacial score (nSPS) is 22.9. The molecule has 0 aliphatic carbocycles. The first kappa shape index (κ1) is 20.4. The van der Waals surface area contributed by atoms with E-state index in [9.17, 15) is 14.4 Å². The molecule has 1 aromatic rings. The number of nitrogens with one attached hydrogen (secondary N) is 3. The zero-order chi connectivity index (χ0) is 20.1. The van der Waals surface area contributed by atoms with Crippen LogP contribution < -0.4 is 16.0 Å². The highest BCUT2D eigenvalue weighted by atomic mass is 32.2. The number of aromatic nitrogens is 1. The fourth-order valence-electron chi connectivity index (χ4n) is 3.55. The number of thioether (sulfide) groups is 1. The molecule has 4 amide bonds. The van der Waals surface area contributed by atoms with Gasteiger partial charge in [-0.15, -0.1) is 0 Å². The van der Waals surface area contributed by atoms with E-state index in [2.05, 4.69) is 20.9 Å². The lowest BCUT2D eigenvalue weighted by Crippen LogP contribution is -2.37. The van der Waals surface area contributed by atoms with Gasteiger partial charge >= 0.3 is 6.03 Å². The Hall–Kier alpha value is -2.29. The molecule has 1 aromatic heterocycles. The third kappa shape index (κ3) is 5.37. The van der Waals surface area contributed by atoms with Crippen LogP contribution >= 0.6 is 11.8 Å². The van der Waals surface area contributed by atoms with E-state index >= 15 is 0 Å². The van der Waals surface area contributed by atoms with Crippen molar-refractivity contribution in [2.24, 2.45) is 0 Å². The van der Waals surface area contributed by atoms with E-state index in [1.165, 1.54) is 4.90 Å². The van der Waals surface area contributed by atoms with Crippen LogP contribution in [0, 0.1) is 6.92 Å². The molecule has 2 aliphatic heterocycles. The van der Waals surface area contributed by atoms with E-state index in [0.29, 0.717) is 17.5 Å². The quantitative estimate of drug-likeness (QED) is 0.449. The molecule has 0 saturated carbocycles. The van der Waals surface area contributed by atoms with Crippen LogP contribution in [0.1, 0.15) is 31.2 Å². The van der Waals surface area contributed by atoms with Crippen molar-refractivity contribution in [3.8, 4) is 0 Å². The van der Waals surface area contributed by atoms with Crippen molar-refractivity contribution < 1.29 is 14.4 Å². The van der Waals surface area contributed by atoms with E-state index in [4.69, 9.17) is 0 Å². The predicted molar refractivity (Wildman–Crippen MR) is 109 cm³/mol. The van der Waals surface area contributed by atoms with Crippen LogP contribution in [0.2, 0.25) is 0 Å². The second-order valence-corrected chi connectivity index (χ2v) is 8.66. The Balaban J connectivity index is 1.33. The first-order valence-electron chi connectivity index (χ1n) is 9.57. The van der Waals surface area contributed by atoms with Crippen molar-refractivity contribution in [3.05, 3.63) is 23.9 Å². The van der Waals surface area contributed by atoms with Crippen LogP contribution in [0.25, 0.3) is 0 Å². The van der Waals surface area contributed by atoms with Crippen molar-refractivity contribution in [2.45, 2.75) is 49.9 Å². The molecule has 2 fully saturated rings. The Kier molecular flexibility index (Phi) is 6.77. The van der Waals surface area contributed by atoms with E-state index in [1.54, 1.807) is 19.3 Å². The number of urea groups is 1. The Morgan fingerprint density at radius 3 is 2.96 bits per heavy atom. The van der Waals surface area contributed by atoms with Crippen molar-refractivity contribution in [2.75, 3.05) is 24.7 Å². The number of aryl methyl sites for hydroxylation is 1. The number of nitrogens with zero attached hydrogens (tertiary/aromatic N) is 2. The summed E-state index contributed by atoms with van der Waals surface area (Å²) < 4.78 is 0. The Labute approximate surface area is 169 Å². The monoisotopic (exact) mass is 405 g/mol. The summed E-state index contributed by atoms with van der Waals surface area (Å²) in [5, 5.41) is 9.03. The summed E-state index contributed by atoms with van der Waals surface area (Å²) in [4.78, 5) is 41.3. The zero-order valence-corrected chi connectivity index (χ0v) is 17.1. The van der Waals surface area contributed by atoms with Crippen LogP contribution in [-0.4, -0.2) is 64.4 Å². The number of amides is 4. The van der Waals surface area contributed by atoms with Gasteiger partial charge in [-0.05, 0) is 37.5 Å². The molecule has 152 valence electrons. The maximum absolute atomic E-state index is 12.3. The summed E-state index contributed by atoms with van der Waals surface area (Å²) >= 11 is 1.88. The van der Waals surface area contributed by atoms with Crippen molar-refractivity contribution in [3.63, 3.8) is 0 Å². The largest absolute Gasteiger partial charge is 0.336 e. The maximum Gasteiger partial charge on any atom is 0.315 e. The van der Waals surface area contributed by atoms with Gasteiger partial charge in [0.05, 0.1) is 18.6 Å². The van der Waals surface area contributed by atoms with Gasteiger partial charge in [-0.3, -0.25) is 9.59 Å². The average molecular weight is 406 g/mol. The number of hydrogen-bond donors (Lipinski definition) is 3.